The van der Waals surface area contributed by atoms with Crippen molar-refractivity contribution in [3.05, 3.63) is 41.8 Å². The summed E-state index contributed by atoms with van der Waals surface area (Å²) < 4.78 is 34.1. The standard InChI is InChI=1S/C18H20N2O8S2/c1-2-8-30(25,26)28-12-10-29-17-14(16(22)20(17)15(12)18(23)24)19-13(21)9-27-11-6-4-3-5-7-11/h3-7,14,17H,2,8-10H2,1H3,(H,19,21)(H,23,24)/t14?,17-/m1/s1. The van der Waals surface area contributed by atoms with Crippen LogP contribution in [-0.2, 0) is 28.7 Å². The Morgan fingerprint density at radius 3 is 2.63 bits per heavy atom. The third kappa shape index (κ3) is 4.70. The van der Waals surface area contributed by atoms with Crippen molar-refractivity contribution >= 4 is 39.7 Å². The molecule has 0 aliphatic carbocycles. The molecule has 2 heterocycles. The molecule has 2 amide bonds. The molecule has 2 atom stereocenters. The molecule has 1 aromatic carbocycles. The maximum atomic E-state index is 12.5. The highest BCUT2D eigenvalue weighted by Crippen LogP contribution is 2.41. The molecule has 2 aliphatic rings. The van der Waals surface area contributed by atoms with Crippen molar-refractivity contribution in [2.45, 2.75) is 24.8 Å². The van der Waals surface area contributed by atoms with E-state index in [4.69, 9.17) is 8.92 Å². The number of amides is 2. The van der Waals surface area contributed by atoms with E-state index in [0.717, 1.165) is 16.7 Å². The number of benzene rings is 1. The van der Waals surface area contributed by atoms with Crippen molar-refractivity contribution in [3.63, 3.8) is 0 Å². The number of rotatable bonds is 9. The van der Waals surface area contributed by atoms with Gasteiger partial charge in [0.05, 0.1) is 11.5 Å². The largest absolute Gasteiger partial charge is 0.484 e. The van der Waals surface area contributed by atoms with Crippen LogP contribution in [0.1, 0.15) is 13.3 Å². The predicted molar refractivity (Wildman–Crippen MR) is 107 cm³/mol. The summed E-state index contributed by atoms with van der Waals surface area (Å²) in [5.74, 6) is -2.82. The Kier molecular flexibility index (Phi) is 6.56. The number of aliphatic carboxylic acids is 1. The number of carboxylic acid groups (broad SMARTS) is 1. The molecule has 0 aromatic heterocycles. The SMILES string of the molecule is CCCS(=O)(=O)OC1=C(C(=O)O)N2C(=O)C(NC(=O)COc3ccccc3)[C@H]2SC1. The van der Waals surface area contributed by atoms with Gasteiger partial charge < -0.3 is 19.3 Å². The molecule has 10 nitrogen and oxygen atoms in total. The number of hydrogen-bond donors (Lipinski definition) is 2. The van der Waals surface area contributed by atoms with Gasteiger partial charge in [0.15, 0.2) is 18.1 Å². The third-order valence-electron chi connectivity index (χ3n) is 4.25. The number of carbonyl (C=O) groups is 3. The topological polar surface area (TPSA) is 139 Å². The molecule has 0 saturated carbocycles. The predicted octanol–water partition coefficient (Wildman–Crippen LogP) is 0.518. The third-order valence-corrected chi connectivity index (χ3v) is 6.86. The zero-order valence-corrected chi connectivity index (χ0v) is 17.6. The van der Waals surface area contributed by atoms with E-state index in [1.165, 1.54) is 0 Å². The van der Waals surface area contributed by atoms with E-state index in [9.17, 15) is 27.9 Å². The maximum absolute atomic E-state index is 12.5. The summed E-state index contributed by atoms with van der Waals surface area (Å²) in [6.07, 6.45) is 0.301. The van der Waals surface area contributed by atoms with Gasteiger partial charge in [0.2, 0.25) is 0 Å². The molecule has 3 rings (SSSR count). The fourth-order valence-electron chi connectivity index (χ4n) is 2.98. The number of hydrogen-bond acceptors (Lipinski definition) is 8. The molecule has 1 saturated heterocycles. The molecule has 2 aliphatic heterocycles. The van der Waals surface area contributed by atoms with Crippen molar-refractivity contribution in [3.8, 4) is 5.75 Å². The van der Waals surface area contributed by atoms with E-state index >= 15 is 0 Å². The lowest BCUT2D eigenvalue weighted by molar-refractivity contribution is -0.151. The smallest absolute Gasteiger partial charge is 0.356 e. The first-order valence-electron chi connectivity index (χ1n) is 9.04. The van der Waals surface area contributed by atoms with Gasteiger partial charge in [-0.05, 0) is 18.6 Å². The van der Waals surface area contributed by atoms with E-state index in [1.807, 2.05) is 0 Å². The number of nitrogens with zero attached hydrogens (tertiary/aromatic N) is 1. The van der Waals surface area contributed by atoms with E-state index in [1.54, 1.807) is 37.3 Å². The molecular weight excluding hydrogens is 436 g/mol. The zero-order chi connectivity index (χ0) is 21.9. The van der Waals surface area contributed by atoms with Gasteiger partial charge in [-0.3, -0.25) is 14.5 Å². The number of carbonyl (C=O) groups excluding carboxylic acids is 2. The fourth-order valence-corrected chi connectivity index (χ4v) is 5.34. The quantitative estimate of drug-likeness (QED) is 0.402. The Morgan fingerprint density at radius 2 is 2.00 bits per heavy atom. The van der Waals surface area contributed by atoms with Gasteiger partial charge >= 0.3 is 16.1 Å². The summed E-state index contributed by atoms with van der Waals surface area (Å²) in [7, 11) is -3.96. The molecule has 0 radical (unpaired) electrons. The summed E-state index contributed by atoms with van der Waals surface area (Å²) in [6, 6.07) is 7.72. The lowest BCUT2D eigenvalue weighted by atomic mass is 10.0. The summed E-state index contributed by atoms with van der Waals surface area (Å²) >= 11 is 1.11. The number of fused-ring (bicyclic) bond motifs is 1. The number of para-hydroxylation sites is 1. The van der Waals surface area contributed by atoms with Crippen molar-refractivity contribution in [1.82, 2.24) is 10.2 Å². The number of nitrogens with one attached hydrogen (secondary N) is 1. The Morgan fingerprint density at radius 1 is 1.30 bits per heavy atom. The molecule has 1 fully saturated rings. The molecule has 0 bridgehead atoms. The normalized spacial score (nSPS) is 20.8. The van der Waals surface area contributed by atoms with Gasteiger partial charge in [-0.15, -0.1) is 11.8 Å². The van der Waals surface area contributed by atoms with Crippen LogP contribution in [0, 0.1) is 0 Å². The van der Waals surface area contributed by atoms with E-state index in [0.29, 0.717) is 12.2 Å². The second-order valence-electron chi connectivity index (χ2n) is 6.48. The van der Waals surface area contributed by atoms with Gasteiger partial charge in [0, 0.05) is 0 Å². The first-order chi connectivity index (χ1) is 14.2. The lowest BCUT2D eigenvalue weighted by Crippen LogP contribution is -2.71. The fraction of sp³-hybridized carbons (Fsp3) is 0.389. The molecule has 30 heavy (non-hydrogen) atoms. The first kappa shape index (κ1) is 22.0. The Labute approximate surface area is 177 Å². The number of carboxylic acids is 1. The molecule has 12 heteroatoms. The molecule has 162 valence electrons. The van der Waals surface area contributed by atoms with Crippen molar-refractivity contribution in [2.75, 3.05) is 18.1 Å². The number of β-lactam (4-membered cyclic amide) rings is 1. The maximum Gasteiger partial charge on any atom is 0.356 e. The second kappa shape index (κ2) is 8.96. The van der Waals surface area contributed by atoms with Gasteiger partial charge in [-0.1, -0.05) is 25.1 Å². The van der Waals surface area contributed by atoms with E-state index in [2.05, 4.69) is 5.32 Å². The molecular formula is C18H20N2O8S2. The average molecular weight is 456 g/mol. The highest BCUT2D eigenvalue weighted by molar-refractivity contribution is 8.00. The Bertz CT molecular complexity index is 977. The molecule has 0 spiro atoms. The molecule has 1 aromatic rings. The summed E-state index contributed by atoms with van der Waals surface area (Å²) in [4.78, 5) is 37.3. The summed E-state index contributed by atoms with van der Waals surface area (Å²) in [5.41, 5.74) is -0.519. The molecule has 1 unspecified atom stereocenters. The van der Waals surface area contributed by atoms with Crippen LogP contribution < -0.4 is 10.1 Å². The lowest BCUT2D eigenvalue weighted by Gasteiger charge is -2.48. The Hall–Kier alpha value is -2.73. The van der Waals surface area contributed by atoms with Crippen molar-refractivity contribution in [2.24, 2.45) is 0 Å². The minimum atomic E-state index is -3.96. The van der Waals surface area contributed by atoms with Gasteiger partial charge in [0.25, 0.3) is 11.8 Å². The van der Waals surface area contributed by atoms with E-state index in [-0.39, 0.29) is 23.9 Å². The minimum absolute atomic E-state index is 0.0636. The summed E-state index contributed by atoms with van der Waals surface area (Å²) in [6.45, 7) is 1.34. The van der Waals surface area contributed by atoms with Crippen LogP contribution in [0.25, 0.3) is 0 Å². The Balaban J connectivity index is 1.67. The van der Waals surface area contributed by atoms with Crippen LogP contribution in [0.4, 0.5) is 0 Å². The molecule has 2 N–H and O–H groups in total. The first-order valence-corrected chi connectivity index (χ1v) is 11.7. The van der Waals surface area contributed by atoms with Gasteiger partial charge in [0.1, 0.15) is 17.2 Å². The average Bonchev–Trinajstić information content (AvgIpc) is 2.70. The van der Waals surface area contributed by atoms with Crippen molar-refractivity contribution in [1.29, 1.82) is 0 Å². The summed E-state index contributed by atoms with van der Waals surface area (Å²) in [5, 5.41) is 11.4. The van der Waals surface area contributed by atoms with Gasteiger partial charge in [-0.25, -0.2) is 4.79 Å². The van der Waals surface area contributed by atoms with Crippen LogP contribution in [0.2, 0.25) is 0 Å². The number of thioether (sulfide) groups is 1. The second-order valence-corrected chi connectivity index (χ2v) is 9.27. The van der Waals surface area contributed by atoms with Crippen LogP contribution >= 0.6 is 11.8 Å². The minimum Gasteiger partial charge on any atom is -0.484 e. The zero-order valence-electron chi connectivity index (χ0n) is 15.9. The van der Waals surface area contributed by atoms with Crippen LogP contribution in [-0.4, -0.2) is 65.7 Å². The number of ether oxygens (including phenoxy) is 1. The van der Waals surface area contributed by atoms with E-state index < -0.39 is 45.0 Å². The van der Waals surface area contributed by atoms with Crippen LogP contribution in [0.3, 0.4) is 0 Å². The van der Waals surface area contributed by atoms with Crippen LogP contribution in [0.5, 0.6) is 5.75 Å². The van der Waals surface area contributed by atoms with Crippen molar-refractivity contribution < 1.29 is 36.8 Å². The van der Waals surface area contributed by atoms with Gasteiger partial charge in [-0.2, -0.15) is 8.42 Å². The highest BCUT2D eigenvalue weighted by atomic mass is 32.2. The highest BCUT2D eigenvalue weighted by Gasteiger charge is 2.55. The monoisotopic (exact) mass is 456 g/mol. The van der Waals surface area contributed by atoms with Crippen LogP contribution in [0.15, 0.2) is 41.8 Å².